The molecular weight excluding hydrogens is 421 g/mol. The van der Waals surface area contributed by atoms with Gasteiger partial charge in [-0.3, -0.25) is 10.1 Å². The van der Waals surface area contributed by atoms with Gasteiger partial charge >= 0.3 is 6.03 Å². The van der Waals surface area contributed by atoms with E-state index in [0.717, 1.165) is 23.8 Å². The summed E-state index contributed by atoms with van der Waals surface area (Å²) < 4.78 is 46.5. The van der Waals surface area contributed by atoms with Crippen molar-refractivity contribution in [2.24, 2.45) is 5.92 Å². The smallest absolute Gasteiger partial charge is 0.326 e. The molecule has 32 heavy (non-hydrogen) atoms. The monoisotopic (exact) mass is 442 g/mol. The standard InChI is InChI=1S/C24H21F3N2O3/c1-14(2)22(15-6-8-16(25)9-7-15)32-18-12-10-17(11-13-18)28-24(31)29-23(30)21-19(26)4-3-5-20(21)27/h3-14,22H,1-2H3,(H2,28,29,30,31). The van der Waals surface area contributed by atoms with Gasteiger partial charge in [-0.25, -0.2) is 18.0 Å². The highest BCUT2D eigenvalue weighted by molar-refractivity contribution is 6.08. The lowest BCUT2D eigenvalue weighted by atomic mass is 9.99. The molecule has 0 radical (unpaired) electrons. The minimum Gasteiger partial charge on any atom is -0.485 e. The number of anilines is 1. The maximum absolute atomic E-state index is 13.7. The van der Waals surface area contributed by atoms with E-state index < -0.39 is 29.1 Å². The molecule has 1 unspecified atom stereocenters. The van der Waals surface area contributed by atoms with Gasteiger partial charge in [-0.15, -0.1) is 0 Å². The highest BCUT2D eigenvalue weighted by atomic mass is 19.1. The number of nitrogens with one attached hydrogen (secondary N) is 2. The van der Waals surface area contributed by atoms with Gasteiger partial charge in [0.25, 0.3) is 5.91 Å². The van der Waals surface area contributed by atoms with Crippen molar-refractivity contribution in [2.75, 3.05) is 5.32 Å². The third kappa shape index (κ3) is 5.66. The van der Waals surface area contributed by atoms with Crippen LogP contribution in [0.4, 0.5) is 23.7 Å². The van der Waals surface area contributed by atoms with E-state index in [4.69, 9.17) is 4.74 Å². The minimum absolute atomic E-state index is 0.105. The Hall–Kier alpha value is -3.81. The Balaban J connectivity index is 1.63. The van der Waals surface area contributed by atoms with E-state index in [9.17, 15) is 22.8 Å². The molecule has 2 N–H and O–H groups in total. The Bertz CT molecular complexity index is 1080. The molecule has 0 spiro atoms. The van der Waals surface area contributed by atoms with Crippen LogP contribution in [0, 0.1) is 23.4 Å². The molecule has 5 nitrogen and oxygen atoms in total. The largest absolute Gasteiger partial charge is 0.485 e. The van der Waals surface area contributed by atoms with Crippen LogP contribution in [0.15, 0.2) is 66.7 Å². The molecule has 3 rings (SSSR count). The Morgan fingerprint density at radius 1 is 0.844 bits per heavy atom. The van der Waals surface area contributed by atoms with Gasteiger partial charge in [0.1, 0.15) is 34.9 Å². The first kappa shape index (κ1) is 22.9. The first-order valence-electron chi connectivity index (χ1n) is 9.83. The van der Waals surface area contributed by atoms with Gasteiger partial charge in [0.15, 0.2) is 0 Å². The van der Waals surface area contributed by atoms with Crippen LogP contribution < -0.4 is 15.4 Å². The molecule has 3 aromatic carbocycles. The summed E-state index contributed by atoms with van der Waals surface area (Å²) in [5.41, 5.74) is 0.313. The summed E-state index contributed by atoms with van der Waals surface area (Å²) in [7, 11) is 0. The van der Waals surface area contributed by atoms with Gasteiger partial charge in [0.05, 0.1) is 0 Å². The van der Waals surface area contributed by atoms with E-state index in [1.165, 1.54) is 12.1 Å². The Morgan fingerprint density at radius 2 is 1.44 bits per heavy atom. The molecule has 0 saturated carbocycles. The van der Waals surface area contributed by atoms with Crippen LogP contribution >= 0.6 is 0 Å². The van der Waals surface area contributed by atoms with Crippen LogP contribution in [0.3, 0.4) is 0 Å². The lowest BCUT2D eigenvalue weighted by molar-refractivity contribution is 0.0959. The maximum Gasteiger partial charge on any atom is 0.326 e. The van der Waals surface area contributed by atoms with Crippen molar-refractivity contribution in [1.82, 2.24) is 5.32 Å². The molecule has 0 fully saturated rings. The average Bonchev–Trinajstić information content (AvgIpc) is 2.73. The van der Waals surface area contributed by atoms with Crippen LogP contribution in [-0.4, -0.2) is 11.9 Å². The molecule has 0 saturated heterocycles. The summed E-state index contributed by atoms with van der Waals surface area (Å²) in [6, 6.07) is 14.4. The van der Waals surface area contributed by atoms with Gasteiger partial charge in [-0.1, -0.05) is 32.0 Å². The van der Waals surface area contributed by atoms with E-state index in [2.05, 4.69) is 5.32 Å². The molecule has 3 amide bonds. The molecule has 0 heterocycles. The molecule has 3 aromatic rings. The van der Waals surface area contributed by atoms with E-state index in [1.54, 1.807) is 36.4 Å². The quantitative estimate of drug-likeness (QED) is 0.504. The van der Waals surface area contributed by atoms with Gasteiger partial charge in [0, 0.05) is 5.69 Å². The molecule has 0 aliphatic heterocycles. The summed E-state index contributed by atoms with van der Waals surface area (Å²) >= 11 is 0. The van der Waals surface area contributed by atoms with Crippen molar-refractivity contribution in [3.63, 3.8) is 0 Å². The second kappa shape index (κ2) is 10.00. The highest BCUT2D eigenvalue weighted by Crippen LogP contribution is 2.29. The fraction of sp³-hybridized carbons (Fsp3) is 0.167. The second-order valence-corrected chi connectivity index (χ2v) is 7.36. The van der Waals surface area contributed by atoms with E-state index in [-0.39, 0.29) is 17.8 Å². The molecule has 0 aromatic heterocycles. The summed E-state index contributed by atoms with van der Waals surface area (Å²) in [5.74, 6) is -3.05. The Morgan fingerprint density at radius 3 is 2.00 bits per heavy atom. The fourth-order valence-electron chi connectivity index (χ4n) is 3.05. The molecular formula is C24H21F3N2O3. The number of carbonyl (C=O) groups excluding carboxylic acids is 2. The second-order valence-electron chi connectivity index (χ2n) is 7.36. The zero-order valence-electron chi connectivity index (χ0n) is 17.4. The lowest BCUT2D eigenvalue weighted by Crippen LogP contribution is -2.35. The average molecular weight is 442 g/mol. The van der Waals surface area contributed by atoms with Crippen LogP contribution in [0.25, 0.3) is 0 Å². The van der Waals surface area contributed by atoms with Crippen molar-refractivity contribution in [1.29, 1.82) is 0 Å². The van der Waals surface area contributed by atoms with Crippen molar-refractivity contribution in [3.05, 3.63) is 95.3 Å². The van der Waals surface area contributed by atoms with Gasteiger partial charge in [0.2, 0.25) is 0 Å². The zero-order chi connectivity index (χ0) is 23.3. The first-order valence-corrected chi connectivity index (χ1v) is 9.83. The number of hydrogen-bond donors (Lipinski definition) is 2. The Labute approximate surface area is 183 Å². The van der Waals surface area contributed by atoms with Crippen LogP contribution in [-0.2, 0) is 0 Å². The predicted octanol–water partition coefficient (Wildman–Crippen LogP) is 5.84. The van der Waals surface area contributed by atoms with Crippen molar-refractivity contribution < 1.29 is 27.5 Å². The van der Waals surface area contributed by atoms with Crippen LogP contribution in [0.2, 0.25) is 0 Å². The van der Waals surface area contributed by atoms with Crippen LogP contribution in [0.1, 0.15) is 35.9 Å². The Kier molecular flexibility index (Phi) is 7.14. The summed E-state index contributed by atoms with van der Waals surface area (Å²) in [6.45, 7) is 3.95. The lowest BCUT2D eigenvalue weighted by Gasteiger charge is -2.23. The number of imide groups is 1. The third-order valence-electron chi connectivity index (χ3n) is 4.60. The molecule has 8 heteroatoms. The molecule has 0 bridgehead atoms. The molecule has 0 aliphatic rings. The number of hydrogen-bond acceptors (Lipinski definition) is 3. The van der Waals surface area contributed by atoms with E-state index in [0.29, 0.717) is 11.4 Å². The highest BCUT2D eigenvalue weighted by Gasteiger charge is 2.20. The SMILES string of the molecule is CC(C)C(Oc1ccc(NC(=O)NC(=O)c2c(F)cccc2F)cc1)c1ccc(F)cc1. The number of ether oxygens (including phenoxy) is 1. The third-order valence-corrected chi connectivity index (χ3v) is 4.60. The molecule has 0 aliphatic carbocycles. The maximum atomic E-state index is 13.7. The van der Waals surface area contributed by atoms with Gasteiger partial charge in [-0.05, 0) is 60.0 Å². The zero-order valence-corrected chi connectivity index (χ0v) is 17.4. The number of rotatable bonds is 6. The number of halogens is 3. The summed E-state index contributed by atoms with van der Waals surface area (Å²) in [6.07, 6.45) is -0.314. The van der Waals surface area contributed by atoms with Crippen molar-refractivity contribution in [3.8, 4) is 5.75 Å². The fourth-order valence-corrected chi connectivity index (χ4v) is 3.05. The first-order chi connectivity index (χ1) is 15.2. The van der Waals surface area contributed by atoms with Gasteiger partial charge < -0.3 is 10.1 Å². The summed E-state index contributed by atoms with van der Waals surface area (Å²) in [4.78, 5) is 24.0. The molecule has 166 valence electrons. The van der Waals surface area contributed by atoms with E-state index >= 15 is 0 Å². The summed E-state index contributed by atoms with van der Waals surface area (Å²) in [5, 5.41) is 4.29. The van der Waals surface area contributed by atoms with Crippen molar-refractivity contribution >= 4 is 17.6 Å². The number of urea groups is 1. The normalized spacial score (nSPS) is 11.7. The topological polar surface area (TPSA) is 67.4 Å². The van der Waals surface area contributed by atoms with E-state index in [1.807, 2.05) is 19.2 Å². The van der Waals surface area contributed by atoms with Crippen molar-refractivity contribution in [2.45, 2.75) is 20.0 Å². The van der Waals surface area contributed by atoms with Crippen LogP contribution in [0.5, 0.6) is 5.75 Å². The number of carbonyl (C=O) groups is 2. The predicted molar refractivity (Wildman–Crippen MR) is 114 cm³/mol. The number of benzene rings is 3. The minimum atomic E-state index is -1.20. The van der Waals surface area contributed by atoms with Gasteiger partial charge in [-0.2, -0.15) is 0 Å². The number of amides is 3. The molecule has 1 atom stereocenters.